The molecule has 1 N–H and O–H groups in total. The molecule has 20 heavy (non-hydrogen) atoms. The smallest absolute Gasteiger partial charge is 0.129 e. The van der Waals surface area contributed by atoms with Crippen LogP contribution in [0, 0.1) is 0 Å². The van der Waals surface area contributed by atoms with Crippen LogP contribution in [0.4, 0.5) is 0 Å². The van der Waals surface area contributed by atoms with Gasteiger partial charge in [-0.2, -0.15) is 0 Å². The number of hydrogen-bond donors (Lipinski definition) is 1. The third-order valence-electron chi connectivity index (χ3n) is 4.11. The Morgan fingerprint density at radius 2 is 1.70 bits per heavy atom. The van der Waals surface area contributed by atoms with E-state index in [1.807, 2.05) is 12.1 Å². The number of aliphatic hydroxyl groups excluding tert-OH is 1. The highest BCUT2D eigenvalue weighted by molar-refractivity contribution is 5.20. The number of furan rings is 1. The van der Waals surface area contributed by atoms with Gasteiger partial charge in [-0.3, -0.25) is 4.90 Å². The van der Waals surface area contributed by atoms with Gasteiger partial charge in [0.25, 0.3) is 0 Å². The third kappa shape index (κ3) is 3.11. The Labute approximate surface area is 119 Å². The van der Waals surface area contributed by atoms with E-state index in [-0.39, 0.29) is 6.61 Å². The number of piperidine rings is 1. The van der Waals surface area contributed by atoms with Gasteiger partial charge in [0.1, 0.15) is 18.1 Å². The molecule has 1 aromatic heterocycles. The lowest BCUT2D eigenvalue weighted by Crippen LogP contribution is -2.32. The van der Waals surface area contributed by atoms with E-state index in [2.05, 4.69) is 35.2 Å². The summed E-state index contributed by atoms with van der Waals surface area (Å²) in [6, 6.07) is 14.6. The highest BCUT2D eigenvalue weighted by Crippen LogP contribution is 2.28. The summed E-state index contributed by atoms with van der Waals surface area (Å²) in [6.07, 6.45) is 2.41. The predicted octanol–water partition coefficient (Wildman–Crippen LogP) is 3.15. The number of hydrogen-bond acceptors (Lipinski definition) is 3. The summed E-state index contributed by atoms with van der Waals surface area (Å²) in [7, 11) is 0. The van der Waals surface area contributed by atoms with Gasteiger partial charge in [-0.15, -0.1) is 0 Å². The standard InChI is InChI=1S/C17H21NO2/c19-13-17-7-6-16(20-17)12-18-10-8-15(9-11-18)14-4-2-1-3-5-14/h1-7,15,19H,8-13H2. The zero-order valence-electron chi connectivity index (χ0n) is 11.7. The van der Waals surface area contributed by atoms with Gasteiger partial charge in [-0.1, -0.05) is 30.3 Å². The van der Waals surface area contributed by atoms with Crippen molar-refractivity contribution >= 4 is 0 Å². The summed E-state index contributed by atoms with van der Waals surface area (Å²) in [4.78, 5) is 2.43. The Hall–Kier alpha value is -1.58. The van der Waals surface area contributed by atoms with Crippen LogP contribution in [0.2, 0.25) is 0 Å². The van der Waals surface area contributed by atoms with Crippen molar-refractivity contribution in [2.24, 2.45) is 0 Å². The first-order valence-electron chi connectivity index (χ1n) is 7.31. The van der Waals surface area contributed by atoms with Crippen molar-refractivity contribution in [3.8, 4) is 0 Å². The summed E-state index contributed by atoms with van der Waals surface area (Å²) in [5.74, 6) is 2.29. The molecule has 106 valence electrons. The molecule has 0 aliphatic carbocycles. The van der Waals surface area contributed by atoms with Gasteiger partial charge in [0, 0.05) is 0 Å². The van der Waals surface area contributed by atoms with E-state index in [1.165, 1.54) is 18.4 Å². The Morgan fingerprint density at radius 3 is 2.35 bits per heavy atom. The molecule has 3 rings (SSSR count). The van der Waals surface area contributed by atoms with E-state index < -0.39 is 0 Å². The molecule has 1 fully saturated rings. The zero-order valence-corrected chi connectivity index (χ0v) is 11.7. The molecule has 2 aromatic rings. The molecule has 0 atom stereocenters. The average molecular weight is 271 g/mol. The van der Waals surface area contributed by atoms with Crippen LogP contribution < -0.4 is 0 Å². The van der Waals surface area contributed by atoms with Crippen LogP contribution in [0.5, 0.6) is 0 Å². The van der Waals surface area contributed by atoms with Gasteiger partial charge in [-0.05, 0) is 49.5 Å². The molecule has 1 aromatic carbocycles. The van der Waals surface area contributed by atoms with Crippen molar-refractivity contribution in [1.29, 1.82) is 0 Å². The highest BCUT2D eigenvalue weighted by Gasteiger charge is 2.21. The van der Waals surface area contributed by atoms with Gasteiger partial charge in [0.05, 0.1) is 6.54 Å². The fraction of sp³-hybridized carbons (Fsp3) is 0.412. The molecule has 2 heterocycles. The van der Waals surface area contributed by atoms with Crippen molar-refractivity contribution in [2.75, 3.05) is 13.1 Å². The summed E-state index contributed by atoms with van der Waals surface area (Å²) >= 11 is 0. The lowest BCUT2D eigenvalue weighted by Gasteiger charge is -2.31. The second-order valence-corrected chi connectivity index (χ2v) is 5.49. The molecular formula is C17H21NO2. The molecule has 0 saturated carbocycles. The number of nitrogens with zero attached hydrogens (tertiary/aromatic N) is 1. The fourth-order valence-electron chi connectivity index (χ4n) is 2.96. The lowest BCUT2D eigenvalue weighted by molar-refractivity contribution is 0.183. The van der Waals surface area contributed by atoms with Crippen molar-refractivity contribution in [3.05, 3.63) is 59.5 Å². The van der Waals surface area contributed by atoms with Crippen LogP contribution >= 0.6 is 0 Å². The third-order valence-corrected chi connectivity index (χ3v) is 4.11. The Kier molecular flexibility index (Phi) is 4.19. The SMILES string of the molecule is OCc1ccc(CN2CCC(c3ccccc3)CC2)o1. The molecule has 0 amide bonds. The molecular weight excluding hydrogens is 250 g/mol. The van der Waals surface area contributed by atoms with Crippen molar-refractivity contribution < 1.29 is 9.52 Å². The maximum absolute atomic E-state index is 9.01. The second kappa shape index (κ2) is 6.25. The van der Waals surface area contributed by atoms with E-state index in [9.17, 15) is 0 Å². The number of aliphatic hydroxyl groups is 1. The first-order chi connectivity index (χ1) is 9.85. The molecule has 3 heteroatoms. The number of likely N-dealkylation sites (tertiary alicyclic amines) is 1. The summed E-state index contributed by atoms with van der Waals surface area (Å²) < 4.78 is 5.56. The molecule has 0 unspecified atom stereocenters. The zero-order chi connectivity index (χ0) is 13.8. The Morgan fingerprint density at radius 1 is 1.00 bits per heavy atom. The maximum atomic E-state index is 9.01. The molecule has 0 spiro atoms. The van der Waals surface area contributed by atoms with Crippen LogP contribution in [0.15, 0.2) is 46.9 Å². The van der Waals surface area contributed by atoms with E-state index in [0.717, 1.165) is 25.4 Å². The van der Waals surface area contributed by atoms with Crippen molar-refractivity contribution in [3.63, 3.8) is 0 Å². The largest absolute Gasteiger partial charge is 0.462 e. The highest BCUT2D eigenvalue weighted by atomic mass is 16.4. The van der Waals surface area contributed by atoms with Crippen LogP contribution in [0.25, 0.3) is 0 Å². The summed E-state index contributed by atoms with van der Waals surface area (Å²) in [5.41, 5.74) is 1.47. The van der Waals surface area contributed by atoms with Gasteiger partial charge < -0.3 is 9.52 Å². The minimum atomic E-state index is -0.0178. The number of benzene rings is 1. The summed E-state index contributed by atoms with van der Waals surface area (Å²) in [5, 5.41) is 9.01. The van der Waals surface area contributed by atoms with E-state index in [1.54, 1.807) is 0 Å². The lowest BCUT2D eigenvalue weighted by atomic mass is 9.89. The minimum Gasteiger partial charge on any atom is -0.462 e. The first-order valence-corrected chi connectivity index (χ1v) is 7.31. The topological polar surface area (TPSA) is 36.6 Å². The molecule has 1 aliphatic heterocycles. The van der Waals surface area contributed by atoms with E-state index >= 15 is 0 Å². The van der Waals surface area contributed by atoms with Crippen LogP contribution in [-0.2, 0) is 13.2 Å². The molecule has 0 radical (unpaired) electrons. The normalized spacial score (nSPS) is 17.4. The van der Waals surface area contributed by atoms with Gasteiger partial charge >= 0.3 is 0 Å². The van der Waals surface area contributed by atoms with Crippen molar-refractivity contribution in [2.45, 2.75) is 31.9 Å². The van der Waals surface area contributed by atoms with Crippen LogP contribution in [-0.4, -0.2) is 23.1 Å². The Bertz CT molecular complexity index is 527. The van der Waals surface area contributed by atoms with Crippen LogP contribution in [0.3, 0.4) is 0 Å². The van der Waals surface area contributed by atoms with Gasteiger partial charge in [-0.25, -0.2) is 0 Å². The van der Waals surface area contributed by atoms with E-state index in [0.29, 0.717) is 11.7 Å². The first kappa shape index (κ1) is 13.4. The molecule has 1 saturated heterocycles. The minimum absolute atomic E-state index is 0.0178. The van der Waals surface area contributed by atoms with Crippen molar-refractivity contribution in [1.82, 2.24) is 4.90 Å². The van der Waals surface area contributed by atoms with E-state index in [4.69, 9.17) is 9.52 Å². The maximum Gasteiger partial charge on any atom is 0.129 e. The predicted molar refractivity (Wildman–Crippen MR) is 78.3 cm³/mol. The second-order valence-electron chi connectivity index (χ2n) is 5.49. The average Bonchev–Trinajstić information content (AvgIpc) is 2.97. The van der Waals surface area contributed by atoms with Gasteiger partial charge in [0.2, 0.25) is 0 Å². The Balaban J connectivity index is 1.53. The van der Waals surface area contributed by atoms with Gasteiger partial charge in [0.15, 0.2) is 0 Å². The molecule has 3 nitrogen and oxygen atoms in total. The quantitative estimate of drug-likeness (QED) is 0.928. The monoisotopic (exact) mass is 271 g/mol. The fourth-order valence-corrected chi connectivity index (χ4v) is 2.96. The summed E-state index contributed by atoms with van der Waals surface area (Å²) in [6.45, 7) is 3.04. The molecule has 0 bridgehead atoms. The number of rotatable bonds is 4. The molecule has 1 aliphatic rings. The van der Waals surface area contributed by atoms with Crippen LogP contribution in [0.1, 0.15) is 35.8 Å².